The largest absolute Gasteiger partial charge is 0.323 e. The highest BCUT2D eigenvalue weighted by atomic mass is 79.9. The zero-order valence-corrected chi connectivity index (χ0v) is 12.3. The second-order valence-electron chi connectivity index (χ2n) is 3.88. The number of hydrogen-bond acceptors (Lipinski definition) is 1. The Balaban J connectivity index is 2.05. The molecule has 0 aromatic heterocycles. The average molecular weight is 340 g/mol. The maximum absolute atomic E-state index is 11.9. The first-order valence-corrected chi connectivity index (χ1v) is 6.99. The van der Waals surface area contributed by atoms with Crippen LogP contribution in [0.4, 0.5) is 16.2 Å². The summed E-state index contributed by atoms with van der Waals surface area (Å²) in [7, 11) is 0. The van der Waals surface area contributed by atoms with Gasteiger partial charge in [0.15, 0.2) is 0 Å². The highest BCUT2D eigenvalue weighted by Gasteiger charge is 2.06. The molecule has 0 saturated carbocycles. The number of nitrogens with one attached hydrogen (secondary N) is 2. The number of hydrogen-bond donors (Lipinski definition) is 2. The van der Waals surface area contributed by atoms with Gasteiger partial charge in [0.25, 0.3) is 0 Å². The molecule has 2 amide bonds. The number of carbonyl (C=O) groups is 1. The standard InChI is InChI=1S/C14H12BrClN2O/c15-11-5-3-6-12(8-11)17-14(19)18-13-7-2-1-4-10(13)9-16/h1-8H,9H2,(H2,17,18,19). The SMILES string of the molecule is O=C(Nc1cccc(Br)c1)Nc1ccccc1CCl. The van der Waals surface area contributed by atoms with Crippen LogP contribution >= 0.6 is 27.5 Å². The minimum absolute atomic E-state index is 0.296. The number of benzene rings is 2. The first-order chi connectivity index (χ1) is 9.19. The van der Waals surface area contributed by atoms with Crippen molar-refractivity contribution in [3.05, 3.63) is 58.6 Å². The van der Waals surface area contributed by atoms with Crippen LogP contribution in [-0.2, 0) is 5.88 Å². The third kappa shape index (κ3) is 3.98. The summed E-state index contributed by atoms with van der Waals surface area (Å²) >= 11 is 9.17. The molecule has 2 rings (SSSR count). The van der Waals surface area contributed by atoms with E-state index >= 15 is 0 Å². The van der Waals surface area contributed by atoms with Gasteiger partial charge in [0, 0.05) is 21.7 Å². The van der Waals surface area contributed by atoms with Gasteiger partial charge in [-0.05, 0) is 29.8 Å². The quantitative estimate of drug-likeness (QED) is 0.772. The van der Waals surface area contributed by atoms with Crippen LogP contribution in [0.3, 0.4) is 0 Å². The van der Waals surface area contributed by atoms with E-state index in [2.05, 4.69) is 26.6 Å². The smallest absolute Gasteiger partial charge is 0.308 e. The summed E-state index contributed by atoms with van der Waals surface area (Å²) in [4.78, 5) is 11.9. The number of halogens is 2. The Hall–Kier alpha value is -1.52. The van der Waals surface area contributed by atoms with Gasteiger partial charge in [0.1, 0.15) is 0 Å². The van der Waals surface area contributed by atoms with Crippen LogP contribution in [0.15, 0.2) is 53.0 Å². The number of anilines is 2. The van der Waals surface area contributed by atoms with Crippen LogP contribution in [0, 0.1) is 0 Å². The third-order valence-electron chi connectivity index (χ3n) is 2.49. The number of urea groups is 1. The van der Waals surface area contributed by atoms with E-state index in [0.717, 1.165) is 15.7 Å². The van der Waals surface area contributed by atoms with Gasteiger partial charge in [-0.2, -0.15) is 0 Å². The molecule has 0 radical (unpaired) electrons. The van der Waals surface area contributed by atoms with Gasteiger partial charge in [0.2, 0.25) is 0 Å². The molecule has 0 bridgehead atoms. The molecule has 98 valence electrons. The van der Waals surface area contributed by atoms with E-state index in [1.54, 1.807) is 0 Å². The molecule has 2 aromatic carbocycles. The van der Waals surface area contributed by atoms with E-state index < -0.39 is 0 Å². The fourth-order valence-corrected chi connectivity index (χ4v) is 2.24. The van der Waals surface area contributed by atoms with Crippen molar-refractivity contribution in [3.63, 3.8) is 0 Å². The Labute approximate surface area is 125 Å². The van der Waals surface area contributed by atoms with Crippen LogP contribution in [0.2, 0.25) is 0 Å². The number of carbonyl (C=O) groups excluding carboxylic acids is 1. The lowest BCUT2D eigenvalue weighted by molar-refractivity contribution is 0.262. The van der Waals surface area contributed by atoms with Gasteiger partial charge in [-0.3, -0.25) is 0 Å². The second kappa shape index (κ2) is 6.59. The molecule has 0 saturated heterocycles. The van der Waals surface area contributed by atoms with Gasteiger partial charge in [-0.1, -0.05) is 40.2 Å². The summed E-state index contributed by atoms with van der Waals surface area (Å²) < 4.78 is 0.909. The van der Waals surface area contributed by atoms with Gasteiger partial charge in [-0.15, -0.1) is 11.6 Å². The molecule has 0 aliphatic carbocycles. The van der Waals surface area contributed by atoms with Crippen molar-refractivity contribution in [3.8, 4) is 0 Å². The van der Waals surface area contributed by atoms with Crippen molar-refractivity contribution in [2.24, 2.45) is 0 Å². The summed E-state index contributed by atoms with van der Waals surface area (Å²) in [5.41, 5.74) is 2.31. The van der Waals surface area contributed by atoms with E-state index in [-0.39, 0.29) is 6.03 Å². The average Bonchev–Trinajstić information content (AvgIpc) is 2.39. The van der Waals surface area contributed by atoms with Crippen molar-refractivity contribution in [2.75, 3.05) is 10.6 Å². The normalized spacial score (nSPS) is 10.0. The van der Waals surface area contributed by atoms with E-state index in [1.165, 1.54) is 0 Å². The molecule has 2 N–H and O–H groups in total. The molecule has 0 atom stereocenters. The number of alkyl halides is 1. The first kappa shape index (κ1) is 13.9. The fraction of sp³-hybridized carbons (Fsp3) is 0.0714. The maximum atomic E-state index is 11.9. The zero-order valence-electron chi connectivity index (χ0n) is 9.99. The monoisotopic (exact) mass is 338 g/mol. The minimum Gasteiger partial charge on any atom is -0.308 e. The summed E-state index contributed by atoms with van der Waals surface area (Å²) in [5, 5.41) is 5.54. The highest BCUT2D eigenvalue weighted by Crippen LogP contribution is 2.19. The molecule has 2 aromatic rings. The molecule has 0 fully saturated rings. The Morgan fingerprint density at radius 3 is 2.63 bits per heavy atom. The van der Waals surface area contributed by atoms with E-state index in [9.17, 15) is 4.79 Å². The lowest BCUT2D eigenvalue weighted by Gasteiger charge is -2.10. The van der Waals surface area contributed by atoms with Crippen LogP contribution in [0.25, 0.3) is 0 Å². The van der Waals surface area contributed by atoms with Gasteiger partial charge in [-0.25, -0.2) is 4.79 Å². The van der Waals surface area contributed by atoms with Crippen molar-refractivity contribution in [1.29, 1.82) is 0 Å². The second-order valence-corrected chi connectivity index (χ2v) is 5.06. The predicted octanol–water partition coefficient (Wildman–Crippen LogP) is 4.83. The lowest BCUT2D eigenvalue weighted by Crippen LogP contribution is -2.20. The van der Waals surface area contributed by atoms with Crippen molar-refractivity contribution >= 4 is 44.9 Å². The number of rotatable bonds is 3. The third-order valence-corrected chi connectivity index (χ3v) is 3.27. The molecule has 19 heavy (non-hydrogen) atoms. The molecule has 0 unspecified atom stereocenters. The van der Waals surface area contributed by atoms with Crippen LogP contribution in [-0.4, -0.2) is 6.03 Å². The van der Waals surface area contributed by atoms with Crippen LogP contribution < -0.4 is 10.6 Å². The Bertz CT molecular complexity index is 589. The minimum atomic E-state index is -0.296. The highest BCUT2D eigenvalue weighted by molar-refractivity contribution is 9.10. The molecule has 0 spiro atoms. The van der Waals surface area contributed by atoms with E-state index in [0.29, 0.717) is 11.6 Å². The first-order valence-electron chi connectivity index (χ1n) is 5.66. The summed E-state index contributed by atoms with van der Waals surface area (Å²) in [6, 6.07) is 14.5. The molecular formula is C14H12BrClN2O. The van der Waals surface area contributed by atoms with E-state index in [1.807, 2.05) is 48.5 Å². The zero-order chi connectivity index (χ0) is 13.7. The molecule has 0 heterocycles. The molecule has 3 nitrogen and oxygen atoms in total. The van der Waals surface area contributed by atoms with Crippen molar-refractivity contribution in [2.45, 2.75) is 5.88 Å². The van der Waals surface area contributed by atoms with Crippen molar-refractivity contribution < 1.29 is 4.79 Å². The summed E-state index contributed by atoms with van der Waals surface area (Å²) in [5.74, 6) is 0.355. The lowest BCUT2D eigenvalue weighted by atomic mass is 10.2. The van der Waals surface area contributed by atoms with E-state index in [4.69, 9.17) is 11.6 Å². The molecule has 0 aliphatic rings. The molecular weight excluding hydrogens is 328 g/mol. The Morgan fingerprint density at radius 1 is 1.11 bits per heavy atom. The fourth-order valence-electron chi connectivity index (χ4n) is 1.61. The van der Waals surface area contributed by atoms with Gasteiger partial charge < -0.3 is 10.6 Å². The van der Waals surface area contributed by atoms with Crippen LogP contribution in [0.5, 0.6) is 0 Å². The Kier molecular flexibility index (Phi) is 4.82. The Morgan fingerprint density at radius 2 is 1.89 bits per heavy atom. The van der Waals surface area contributed by atoms with Crippen LogP contribution in [0.1, 0.15) is 5.56 Å². The van der Waals surface area contributed by atoms with Gasteiger partial charge in [0.05, 0.1) is 0 Å². The number of amides is 2. The summed E-state index contributed by atoms with van der Waals surface area (Å²) in [6.07, 6.45) is 0. The predicted molar refractivity (Wildman–Crippen MR) is 82.8 cm³/mol. The maximum Gasteiger partial charge on any atom is 0.323 e. The van der Waals surface area contributed by atoms with Crippen molar-refractivity contribution in [1.82, 2.24) is 0 Å². The molecule has 0 aliphatic heterocycles. The summed E-state index contributed by atoms with van der Waals surface area (Å²) in [6.45, 7) is 0. The van der Waals surface area contributed by atoms with Gasteiger partial charge >= 0.3 is 6.03 Å². The number of para-hydroxylation sites is 1. The topological polar surface area (TPSA) is 41.1 Å². The molecule has 5 heteroatoms.